The van der Waals surface area contributed by atoms with E-state index in [1.165, 1.54) is 40.1 Å². The van der Waals surface area contributed by atoms with Crippen molar-refractivity contribution in [1.29, 1.82) is 0 Å². The number of aryl methyl sites for hydroxylation is 1. The number of anilines is 1. The van der Waals surface area contributed by atoms with Crippen molar-refractivity contribution in [3.63, 3.8) is 0 Å². The number of halogens is 1. The molecular weight excluding hydrogens is 429 g/mol. The van der Waals surface area contributed by atoms with E-state index in [0.29, 0.717) is 24.6 Å². The van der Waals surface area contributed by atoms with E-state index in [1.54, 1.807) is 12.1 Å². The van der Waals surface area contributed by atoms with Crippen LogP contribution in [0.4, 0.5) is 9.52 Å². The number of carbonyl (C=O) groups excluding carboxylic acids is 2. The Morgan fingerprint density at radius 1 is 1.28 bits per heavy atom. The highest BCUT2D eigenvalue weighted by molar-refractivity contribution is 8.26. The molecule has 2 heterocycles. The average Bonchev–Trinajstić information content (AvgIpc) is 3.18. The van der Waals surface area contributed by atoms with Crippen molar-refractivity contribution in [3.8, 4) is 0 Å². The standard InChI is InChI=1S/C20H14FN3O2S3/c1-11-2-4-12(5-3-11)8-16-18(26)24(20(27)29-16)10-17(25)23-19-22-14-7-6-13(21)9-15(14)28-19/h2-9H,10H2,1H3,(H,22,23,25)/b16-8-. The SMILES string of the molecule is Cc1ccc(/C=C2\SC(=S)N(CC(=O)Nc3nc4ccc(F)cc4s3)C2=O)cc1. The number of hydrogen-bond donors (Lipinski definition) is 1. The summed E-state index contributed by atoms with van der Waals surface area (Å²) in [6, 6.07) is 12.0. The number of amides is 2. The van der Waals surface area contributed by atoms with Crippen molar-refractivity contribution in [1.82, 2.24) is 9.88 Å². The summed E-state index contributed by atoms with van der Waals surface area (Å²) in [5.41, 5.74) is 2.62. The fourth-order valence-corrected chi connectivity index (χ4v) is 4.87. The molecule has 5 nitrogen and oxygen atoms in total. The summed E-state index contributed by atoms with van der Waals surface area (Å²) < 4.78 is 14.3. The Hall–Kier alpha value is -2.62. The first kappa shape index (κ1) is 19.7. The molecule has 2 amide bonds. The average molecular weight is 444 g/mol. The fraction of sp³-hybridized carbons (Fsp3) is 0.100. The van der Waals surface area contributed by atoms with Crippen LogP contribution in [-0.2, 0) is 9.59 Å². The minimum absolute atomic E-state index is 0.208. The van der Waals surface area contributed by atoms with Gasteiger partial charge in [-0.05, 0) is 36.8 Å². The van der Waals surface area contributed by atoms with Gasteiger partial charge in [-0.3, -0.25) is 14.5 Å². The number of aromatic nitrogens is 1. The molecule has 2 aromatic carbocycles. The van der Waals surface area contributed by atoms with Gasteiger partial charge >= 0.3 is 0 Å². The number of benzene rings is 2. The van der Waals surface area contributed by atoms with Gasteiger partial charge in [0.25, 0.3) is 5.91 Å². The number of thioether (sulfide) groups is 1. The summed E-state index contributed by atoms with van der Waals surface area (Å²) >= 11 is 7.61. The molecule has 0 aliphatic carbocycles. The summed E-state index contributed by atoms with van der Waals surface area (Å²) in [6.45, 7) is 1.78. The van der Waals surface area contributed by atoms with Crippen molar-refractivity contribution in [3.05, 3.63) is 64.3 Å². The molecule has 29 heavy (non-hydrogen) atoms. The number of carbonyl (C=O) groups is 2. The Morgan fingerprint density at radius 2 is 2.03 bits per heavy atom. The molecule has 0 unspecified atom stereocenters. The van der Waals surface area contributed by atoms with E-state index in [4.69, 9.17) is 12.2 Å². The minimum atomic E-state index is -0.419. The number of fused-ring (bicyclic) bond motifs is 1. The quantitative estimate of drug-likeness (QED) is 0.472. The molecule has 0 atom stereocenters. The molecule has 1 saturated heterocycles. The maximum absolute atomic E-state index is 13.3. The molecule has 1 aromatic heterocycles. The Bertz CT molecular complexity index is 1170. The van der Waals surface area contributed by atoms with Crippen molar-refractivity contribution in [2.75, 3.05) is 11.9 Å². The predicted molar refractivity (Wildman–Crippen MR) is 119 cm³/mol. The molecule has 0 spiro atoms. The molecule has 9 heteroatoms. The third kappa shape index (κ3) is 4.36. The maximum atomic E-state index is 13.3. The second kappa shape index (κ2) is 8.02. The number of nitrogens with one attached hydrogen (secondary N) is 1. The first-order valence-corrected chi connectivity index (χ1v) is 10.6. The lowest BCUT2D eigenvalue weighted by Crippen LogP contribution is -2.36. The monoisotopic (exact) mass is 443 g/mol. The van der Waals surface area contributed by atoms with Gasteiger partial charge in [-0.15, -0.1) is 0 Å². The normalized spacial score (nSPS) is 15.5. The second-order valence-electron chi connectivity index (χ2n) is 6.36. The van der Waals surface area contributed by atoms with Gasteiger partial charge in [-0.1, -0.05) is 65.1 Å². The van der Waals surface area contributed by atoms with Gasteiger partial charge in [0.05, 0.1) is 15.1 Å². The summed E-state index contributed by atoms with van der Waals surface area (Å²) in [5.74, 6) is -1.09. The molecule has 0 radical (unpaired) electrons. The third-order valence-electron chi connectivity index (χ3n) is 4.15. The van der Waals surface area contributed by atoms with Crippen molar-refractivity contribution < 1.29 is 14.0 Å². The number of rotatable bonds is 4. The van der Waals surface area contributed by atoms with Crippen LogP contribution in [0.3, 0.4) is 0 Å². The molecule has 0 bridgehead atoms. The third-order valence-corrected chi connectivity index (χ3v) is 6.46. The van der Waals surface area contributed by atoms with Gasteiger partial charge in [0.1, 0.15) is 16.7 Å². The number of nitrogens with zero attached hydrogens (tertiary/aromatic N) is 2. The van der Waals surface area contributed by atoms with E-state index in [1.807, 2.05) is 31.2 Å². The first-order chi connectivity index (χ1) is 13.9. The van der Waals surface area contributed by atoms with Gasteiger partial charge in [-0.2, -0.15) is 0 Å². The highest BCUT2D eigenvalue weighted by Crippen LogP contribution is 2.32. The largest absolute Gasteiger partial charge is 0.300 e. The van der Waals surface area contributed by atoms with Crippen LogP contribution < -0.4 is 5.32 Å². The van der Waals surface area contributed by atoms with Crippen molar-refractivity contribution in [2.24, 2.45) is 0 Å². The van der Waals surface area contributed by atoms with Gasteiger partial charge in [0, 0.05) is 0 Å². The van der Waals surface area contributed by atoms with Crippen LogP contribution in [0.1, 0.15) is 11.1 Å². The Labute approximate surface area is 179 Å². The smallest absolute Gasteiger partial charge is 0.266 e. The minimum Gasteiger partial charge on any atom is -0.300 e. The lowest BCUT2D eigenvalue weighted by Gasteiger charge is -2.13. The van der Waals surface area contributed by atoms with Gasteiger partial charge in [0.15, 0.2) is 5.13 Å². The van der Waals surface area contributed by atoms with E-state index in [-0.39, 0.29) is 18.3 Å². The first-order valence-electron chi connectivity index (χ1n) is 8.57. The summed E-state index contributed by atoms with van der Waals surface area (Å²) in [7, 11) is 0. The molecule has 1 aliphatic heterocycles. The summed E-state index contributed by atoms with van der Waals surface area (Å²) in [5, 5.41) is 3.00. The van der Waals surface area contributed by atoms with Crippen LogP contribution in [0.2, 0.25) is 0 Å². The number of hydrogen-bond acceptors (Lipinski definition) is 6. The van der Waals surface area contributed by atoms with E-state index in [0.717, 1.165) is 11.1 Å². The van der Waals surface area contributed by atoms with E-state index < -0.39 is 5.91 Å². The van der Waals surface area contributed by atoms with Crippen LogP contribution >= 0.6 is 35.3 Å². The van der Waals surface area contributed by atoms with Gasteiger partial charge in [0.2, 0.25) is 5.91 Å². The number of thiocarbonyl (C=S) groups is 1. The number of thiazole rings is 1. The van der Waals surface area contributed by atoms with Crippen LogP contribution in [0.25, 0.3) is 16.3 Å². The van der Waals surface area contributed by atoms with Crippen LogP contribution in [0.15, 0.2) is 47.4 Å². The van der Waals surface area contributed by atoms with Crippen LogP contribution in [0.5, 0.6) is 0 Å². The predicted octanol–water partition coefficient (Wildman–Crippen LogP) is 4.58. The summed E-state index contributed by atoms with van der Waals surface area (Å²) in [4.78, 5) is 31.1. The van der Waals surface area contributed by atoms with Crippen molar-refractivity contribution >= 4 is 72.9 Å². The lowest BCUT2D eigenvalue weighted by atomic mass is 10.1. The molecule has 146 valence electrons. The van der Waals surface area contributed by atoms with E-state index in [2.05, 4.69) is 10.3 Å². The molecule has 1 N–H and O–H groups in total. The lowest BCUT2D eigenvalue weighted by molar-refractivity contribution is -0.126. The van der Waals surface area contributed by atoms with Gasteiger partial charge < -0.3 is 5.32 Å². The fourth-order valence-electron chi connectivity index (χ4n) is 2.70. The zero-order valence-electron chi connectivity index (χ0n) is 15.1. The Kier molecular flexibility index (Phi) is 5.44. The van der Waals surface area contributed by atoms with E-state index in [9.17, 15) is 14.0 Å². The second-order valence-corrected chi connectivity index (χ2v) is 9.06. The highest BCUT2D eigenvalue weighted by atomic mass is 32.2. The molecule has 0 saturated carbocycles. The molecule has 4 rings (SSSR count). The van der Waals surface area contributed by atoms with Crippen molar-refractivity contribution in [2.45, 2.75) is 6.92 Å². The zero-order valence-corrected chi connectivity index (χ0v) is 17.6. The topological polar surface area (TPSA) is 62.3 Å². The Morgan fingerprint density at radius 3 is 2.79 bits per heavy atom. The molecule has 1 fully saturated rings. The van der Waals surface area contributed by atoms with Gasteiger partial charge in [-0.25, -0.2) is 9.37 Å². The zero-order chi connectivity index (χ0) is 20.5. The van der Waals surface area contributed by atoms with Crippen LogP contribution in [-0.4, -0.2) is 32.6 Å². The summed E-state index contributed by atoms with van der Waals surface area (Å²) in [6.07, 6.45) is 1.76. The maximum Gasteiger partial charge on any atom is 0.266 e. The van der Waals surface area contributed by atoms with Crippen LogP contribution in [0, 0.1) is 12.7 Å². The highest BCUT2D eigenvalue weighted by Gasteiger charge is 2.33. The Balaban J connectivity index is 1.45. The molecular formula is C20H14FN3O2S3. The molecule has 1 aliphatic rings. The molecule has 3 aromatic rings. The van der Waals surface area contributed by atoms with E-state index >= 15 is 0 Å².